The van der Waals surface area contributed by atoms with E-state index >= 15 is 0 Å². The fourth-order valence-electron chi connectivity index (χ4n) is 3.76. The Hall–Kier alpha value is -2.22. The number of piperazine rings is 1. The molecule has 2 fully saturated rings. The summed E-state index contributed by atoms with van der Waals surface area (Å²) in [6.45, 7) is 11.2. The van der Waals surface area contributed by atoms with Crippen molar-refractivity contribution in [1.82, 2.24) is 25.1 Å². The maximum Gasteiger partial charge on any atom is 0.236 e. The normalized spacial score (nSPS) is 20.0. The molecule has 0 aliphatic carbocycles. The van der Waals surface area contributed by atoms with Gasteiger partial charge in [-0.05, 0) is 44.8 Å². The summed E-state index contributed by atoms with van der Waals surface area (Å²) in [7, 11) is 0. The van der Waals surface area contributed by atoms with Crippen molar-refractivity contribution in [2.45, 2.75) is 39.7 Å². The van der Waals surface area contributed by atoms with E-state index in [2.05, 4.69) is 45.9 Å². The van der Waals surface area contributed by atoms with E-state index in [0.29, 0.717) is 25.6 Å². The lowest BCUT2D eigenvalue weighted by molar-refractivity contribution is -0.133. The Kier molecular flexibility index (Phi) is 7.41. The van der Waals surface area contributed by atoms with Crippen LogP contribution in [-0.4, -0.2) is 83.4 Å². The molecule has 1 unspecified atom stereocenters. The monoisotopic (exact) mass is 402 g/mol. The summed E-state index contributed by atoms with van der Waals surface area (Å²) in [6, 6.07) is 2.00. The lowest BCUT2D eigenvalue weighted by Crippen LogP contribution is -2.52. The minimum absolute atomic E-state index is 0.0666. The predicted octanol–water partition coefficient (Wildman–Crippen LogP) is 0.998. The Morgan fingerprint density at radius 3 is 2.24 bits per heavy atom. The first kappa shape index (κ1) is 21.5. The number of nitrogens with one attached hydrogen (secondary N) is 1. The summed E-state index contributed by atoms with van der Waals surface area (Å²) >= 11 is 0. The summed E-state index contributed by atoms with van der Waals surface area (Å²) in [6.07, 6.45) is 5.13. The number of anilines is 1. The first-order chi connectivity index (χ1) is 13.9. The molecule has 29 heavy (non-hydrogen) atoms. The lowest BCUT2D eigenvalue weighted by Gasteiger charge is -2.37. The van der Waals surface area contributed by atoms with E-state index in [1.54, 1.807) is 18.5 Å². The highest BCUT2D eigenvalue weighted by Gasteiger charge is 2.29. The van der Waals surface area contributed by atoms with Crippen LogP contribution in [0.1, 0.15) is 33.6 Å². The molecule has 2 saturated heterocycles. The molecule has 0 spiro atoms. The standard InChI is InChI=1S/C21H34N6O2/c1-16(2)17(3)24-20(29)18-5-9-25(10-6-18)15-19(28)26-11-13-27(14-12-26)21-22-7-4-8-23-21/h4,7-8,16-18H,5-6,9-15H2,1-3H3,(H,24,29). The first-order valence-electron chi connectivity index (χ1n) is 10.8. The van der Waals surface area contributed by atoms with E-state index in [9.17, 15) is 9.59 Å². The summed E-state index contributed by atoms with van der Waals surface area (Å²) in [4.78, 5) is 39.9. The van der Waals surface area contributed by atoms with Gasteiger partial charge in [-0.25, -0.2) is 9.97 Å². The molecule has 1 aromatic heterocycles. The minimum Gasteiger partial charge on any atom is -0.353 e. The van der Waals surface area contributed by atoms with Crippen molar-refractivity contribution in [2.75, 3.05) is 50.7 Å². The summed E-state index contributed by atoms with van der Waals surface area (Å²) in [5, 5.41) is 3.13. The van der Waals surface area contributed by atoms with Crippen LogP contribution in [0.4, 0.5) is 5.95 Å². The zero-order valence-electron chi connectivity index (χ0n) is 17.9. The van der Waals surface area contributed by atoms with Crippen molar-refractivity contribution in [1.29, 1.82) is 0 Å². The van der Waals surface area contributed by atoms with Gasteiger partial charge in [-0.2, -0.15) is 0 Å². The van der Waals surface area contributed by atoms with E-state index in [1.165, 1.54) is 0 Å². The number of likely N-dealkylation sites (tertiary alicyclic amines) is 1. The first-order valence-corrected chi connectivity index (χ1v) is 10.8. The zero-order valence-corrected chi connectivity index (χ0v) is 17.9. The van der Waals surface area contributed by atoms with Crippen molar-refractivity contribution in [3.63, 3.8) is 0 Å². The smallest absolute Gasteiger partial charge is 0.236 e. The number of piperidine rings is 1. The summed E-state index contributed by atoms with van der Waals surface area (Å²) in [5.74, 6) is 1.57. The molecule has 0 saturated carbocycles. The van der Waals surface area contributed by atoms with Gasteiger partial charge in [-0.1, -0.05) is 13.8 Å². The summed E-state index contributed by atoms with van der Waals surface area (Å²) in [5.41, 5.74) is 0. The number of amides is 2. The molecule has 1 aromatic rings. The van der Waals surface area contributed by atoms with Crippen LogP contribution in [0.5, 0.6) is 0 Å². The van der Waals surface area contributed by atoms with Crippen molar-refractivity contribution in [2.24, 2.45) is 11.8 Å². The van der Waals surface area contributed by atoms with Gasteiger partial charge in [-0.15, -0.1) is 0 Å². The Labute approximate surface area is 173 Å². The van der Waals surface area contributed by atoms with Gasteiger partial charge in [0, 0.05) is 50.5 Å². The third kappa shape index (κ3) is 5.88. The molecule has 3 rings (SSSR count). The fourth-order valence-corrected chi connectivity index (χ4v) is 3.76. The highest BCUT2D eigenvalue weighted by molar-refractivity contribution is 5.80. The minimum atomic E-state index is 0.0666. The van der Waals surface area contributed by atoms with Gasteiger partial charge >= 0.3 is 0 Å². The van der Waals surface area contributed by atoms with Crippen molar-refractivity contribution < 1.29 is 9.59 Å². The fraction of sp³-hybridized carbons (Fsp3) is 0.714. The van der Waals surface area contributed by atoms with Crippen molar-refractivity contribution in [3.05, 3.63) is 18.5 Å². The molecule has 2 aliphatic heterocycles. The molecule has 2 amide bonds. The zero-order chi connectivity index (χ0) is 20.8. The Bertz CT molecular complexity index is 667. The third-order valence-electron chi connectivity index (χ3n) is 6.15. The van der Waals surface area contributed by atoms with Crippen LogP contribution in [0.25, 0.3) is 0 Å². The average molecular weight is 403 g/mol. The Morgan fingerprint density at radius 2 is 1.66 bits per heavy atom. The van der Waals surface area contributed by atoms with Gasteiger partial charge in [0.05, 0.1) is 6.54 Å². The second-order valence-electron chi connectivity index (χ2n) is 8.51. The van der Waals surface area contributed by atoms with E-state index in [-0.39, 0.29) is 23.8 Å². The summed E-state index contributed by atoms with van der Waals surface area (Å²) < 4.78 is 0. The molecule has 2 aliphatic rings. The van der Waals surface area contributed by atoms with Crippen LogP contribution >= 0.6 is 0 Å². The molecule has 160 valence electrons. The van der Waals surface area contributed by atoms with Crippen molar-refractivity contribution >= 4 is 17.8 Å². The highest BCUT2D eigenvalue weighted by Crippen LogP contribution is 2.18. The number of carbonyl (C=O) groups excluding carboxylic acids is 2. The second kappa shape index (κ2) is 10.0. The van der Waals surface area contributed by atoms with Crippen molar-refractivity contribution in [3.8, 4) is 0 Å². The maximum atomic E-state index is 12.7. The van der Waals surface area contributed by atoms with Crippen LogP contribution in [0.3, 0.4) is 0 Å². The third-order valence-corrected chi connectivity index (χ3v) is 6.15. The number of carbonyl (C=O) groups is 2. The molecule has 0 bridgehead atoms. The maximum absolute atomic E-state index is 12.7. The lowest BCUT2D eigenvalue weighted by atomic mass is 9.95. The van der Waals surface area contributed by atoms with E-state index in [4.69, 9.17) is 0 Å². The number of aromatic nitrogens is 2. The van der Waals surface area contributed by atoms with Gasteiger partial charge in [0.2, 0.25) is 17.8 Å². The average Bonchev–Trinajstić information content (AvgIpc) is 2.74. The van der Waals surface area contributed by atoms with Gasteiger partial charge in [0.1, 0.15) is 0 Å². The van der Waals surface area contributed by atoms with Crippen LogP contribution in [0.15, 0.2) is 18.5 Å². The largest absolute Gasteiger partial charge is 0.353 e. The van der Waals surface area contributed by atoms with Crippen LogP contribution < -0.4 is 10.2 Å². The number of hydrogen-bond donors (Lipinski definition) is 1. The second-order valence-corrected chi connectivity index (χ2v) is 8.51. The molecule has 0 radical (unpaired) electrons. The van der Waals surface area contributed by atoms with Gasteiger partial charge < -0.3 is 15.1 Å². The Balaban J connectivity index is 1.38. The number of rotatable bonds is 6. The van der Waals surface area contributed by atoms with Gasteiger partial charge in [0.25, 0.3) is 0 Å². The Morgan fingerprint density at radius 1 is 1.03 bits per heavy atom. The number of nitrogens with zero attached hydrogens (tertiary/aromatic N) is 5. The van der Waals surface area contributed by atoms with Crippen LogP contribution in [0.2, 0.25) is 0 Å². The van der Waals surface area contributed by atoms with Gasteiger partial charge in [0.15, 0.2) is 0 Å². The highest BCUT2D eigenvalue weighted by atomic mass is 16.2. The molecule has 1 N–H and O–H groups in total. The molecular formula is C21H34N6O2. The van der Waals surface area contributed by atoms with E-state index < -0.39 is 0 Å². The van der Waals surface area contributed by atoms with E-state index in [1.807, 2.05) is 4.90 Å². The molecular weight excluding hydrogens is 368 g/mol. The molecule has 0 aromatic carbocycles. The topological polar surface area (TPSA) is 81.7 Å². The SMILES string of the molecule is CC(C)C(C)NC(=O)C1CCN(CC(=O)N2CCN(c3ncccn3)CC2)CC1. The quantitative estimate of drug-likeness (QED) is 0.765. The molecule has 1 atom stereocenters. The van der Waals surface area contributed by atoms with Crippen LogP contribution in [0, 0.1) is 11.8 Å². The molecule has 8 nitrogen and oxygen atoms in total. The predicted molar refractivity (Wildman–Crippen MR) is 112 cm³/mol. The number of hydrogen-bond acceptors (Lipinski definition) is 6. The van der Waals surface area contributed by atoms with Gasteiger partial charge in [-0.3, -0.25) is 14.5 Å². The van der Waals surface area contributed by atoms with E-state index in [0.717, 1.165) is 45.0 Å². The molecule has 3 heterocycles. The molecule has 8 heteroatoms. The van der Waals surface area contributed by atoms with Crippen LogP contribution in [-0.2, 0) is 9.59 Å².